The van der Waals surface area contributed by atoms with Crippen molar-refractivity contribution in [1.29, 1.82) is 0 Å². The average molecular weight is 248 g/mol. The summed E-state index contributed by atoms with van der Waals surface area (Å²) in [6.45, 7) is 5.40. The van der Waals surface area contributed by atoms with Crippen LogP contribution < -0.4 is 11.3 Å². The van der Waals surface area contributed by atoms with E-state index in [-0.39, 0.29) is 5.91 Å². The summed E-state index contributed by atoms with van der Waals surface area (Å²) in [5.41, 5.74) is 5.13. The van der Waals surface area contributed by atoms with Crippen LogP contribution in [0.4, 0.5) is 5.69 Å². The number of anilines is 1. The van der Waals surface area contributed by atoms with Gasteiger partial charge in [0.1, 0.15) is 0 Å². The number of benzene rings is 1. The van der Waals surface area contributed by atoms with Crippen molar-refractivity contribution in [3.8, 4) is 0 Å². The maximum absolute atomic E-state index is 12.4. The first-order valence-electron chi connectivity index (χ1n) is 6.17. The van der Waals surface area contributed by atoms with Gasteiger partial charge >= 0.3 is 0 Å². The molecule has 0 unspecified atom stereocenters. The molecular weight excluding hydrogens is 228 g/mol. The first kappa shape index (κ1) is 12.9. The van der Waals surface area contributed by atoms with Crippen LogP contribution in [0.25, 0.3) is 0 Å². The molecule has 0 atom stereocenters. The fourth-order valence-electron chi connectivity index (χ4n) is 2.17. The fraction of sp³-hybridized carbons (Fsp3) is 0.462. The zero-order valence-corrected chi connectivity index (χ0v) is 10.9. The molecule has 1 aromatic rings. The lowest BCUT2D eigenvalue weighted by molar-refractivity contribution is 0.0663. The predicted octanol–water partition coefficient (Wildman–Crippen LogP) is 0.668. The van der Waals surface area contributed by atoms with Gasteiger partial charge in [-0.2, -0.15) is 0 Å². The fourth-order valence-corrected chi connectivity index (χ4v) is 2.17. The van der Waals surface area contributed by atoms with E-state index in [0.717, 1.165) is 43.0 Å². The lowest BCUT2D eigenvalue weighted by Gasteiger charge is -2.32. The van der Waals surface area contributed by atoms with E-state index < -0.39 is 0 Å². The minimum Gasteiger partial charge on any atom is -0.336 e. The van der Waals surface area contributed by atoms with Crippen LogP contribution in [0.2, 0.25) is 0 Å². The van der Waals surface area contributed by atoms with E-state index in [2.05, 4.69) is 17.4 Å². The zero-order valence-electron chi connectivity index (χ0n) is 10.9. The van der Waals surface area contributed by atoms with Gasteiger partial charge in [0.05, 0.1) is 0 Å². The molecule has 0 aliphatic carbocycles. The van der Waals surface area contributed by atoms with Crippen molar-refractivity contribution in [3.05, 3.63) is 29.3 Å². The Hall–Kier alpha value is -1.59. The van der Waals surface area contributed by atoms with Crippen LogP contribution in [-0.4, -0.2) is 48.9 Å². The number of hydrogen-bond acceptors (Lipinski definition) is 4. The Labute approximate surface area is 108 Å². The molecule has 18 heavy (non-hydrogen) atoms. The van der Waals surface area contributed by atoms with Gasteiger partial charge in [-0.05, 0) is 37.7 Å². The first-order valence-corrected chi connectivity index (χ1v) is 6.17. The molecule has 1 aromatic carbocycles. The highest BCUT2D eigenvalue weighted by atomic mass is 16.2. The second kappa shape index (κ2) is 5.37. The van der Waals surface area contributed by atoms with Gasteiger partial charge in [-0.3, -0.25) is 10.6 Å². The third-order valence-electron chi connectivity index (χ3n) is 3.41. The number of amides is 1. The molecule has 0 aromatic heterocycles. The van der Waals surface area contributed by atoms with E-state index in [1.54, 1.807) is 0 Å². The molecule has 0 bridgehead atoms. The number of likely N-dealkylation sites (N-methyl/N-ethyl adjacent to an activating group) is 1. The maximum Gasteiger partial charge on any atom is 0.254 e. The average Bonchev–Trinajstić information content (AvgIpc) is 2.38. The number of nitrogens with two attached hydrogens (primary N) is 1. The zero-order chi connectivity index (χ0) is 13.1. The third-order valence-corrected chi connectivity index (χ3v) is 3.41. The molecule has 2 rings (SSSR count). The smallest absolute Gasteiger partial charge is 0.254 e. The van der Waals surface area contributed by atoms with Crippen LogP contribution in [0.15, 0.2) is 18.2 Å². The maximum atomic E-state index is 12.4. The van der Waals surface area contributed by atoms with Gasteiger partial charge in [-0.25, -0.2) is 0 Å². The molecule has 5 nitrogen and oxygen atoms in total. The highest BCUT2D eigenvalue weighted by Gasteiger charge is 2.21. The van der Waals surface area contributed by atoms with Crippen molar-refractivity contribution in [2.45, 2.75) is 6.92 Å². The Morgan fingerprint density at radius 1 is 1.28 bits per heavy atom. The standard InChI is InChI=1S/C13H20N4O/c1-10-9-11(15-14)3-4-12(10)13(18)17-7-5-16(2)6-8-17/h3-4,9,15H,5-8,14H2,1-2H3. The van der Waals surface area contributed by atoms with Gasteiger partial charge in [0.2, 0.25) is 0 Å². The molecule has 1 heterocycles. The number of nitrogens with zero attached hydrogens (tertiary/aromatic N) is 2. The van der Waals surface area contributed by atoms with E-state index in [9.17, 15) is 4.79 Å². The normalized spacial score (nSPS) is 16.7. The number of nitrogens with one attached hydrogen (secondary N) is 1. The quantitative estimate of drug-likeness (QED) is 0.596. The van der Waals surface area contributed by atoms with E-state index in [1.165, 1.54) is 0 Å². The van der Waals surface area contributed by atoms with Crippen molar-refractivity contribution >= 4 is 11.6 Å². The van der Waals surface area contributed by atoms with Crippen LogP contribution in [0.1, 0.15) is 15.9 Å². The Bertz CT molecular complexity index is 439. The summed E-state index contributed by atoms with van der Waals surface area (Å²) >= 11 is 0. The van der Waals surface area contributed by atoms with Crippen LogP contribution in [0, 0.1) is 6.92 Å². The first-order chi connectivity index (χ1) is 8.61. The Morgan fingerprint density at radius 2 is 1.94 bits per heavy atom. The van der Waals surface area contributed by atoms with Gasteiger partial charge in [-0.1, -0.05) is 0 Å². The molecule has 1 saturated heterocycles. The summed E-state index contributed by atoms with van der Waals surface area (Å²) in [6.07, 6.45) is 0. The third kappa shape index (κ3) is 2.63. The largest absolute Gasteiger partial charge is 0.336 e. The van der Waals surface area contributed by atoms with Gasteiger partial charge in [0.25, 0.3) is 5.91 Å². The molecular formula is C13H20N4O. The minimum absolute atomic E-state index is 0.115. The Morgan fingerprint density at radius 3 is 2.50 bits per heavy atom. The van der Waals surface area contributed by atoms with E-state index in [0.29, 0.717) is 0 Å². The van der Waals surface area contributed by atoms with Crippen LogP contribution in [0.3, 0.4) is 0 Å². The van der Waals surface area contributed by atoms with E-state index in [1.807, 2.05) is 30.0 Å². The molecule has 98 valence electrons. The predicted molar refractivity (Wildman–Crippen MR) is 72.4 cm³/mol. The van der Waals surface area contributed by atoms with Crippen molar-refractivity contribution in [2.24, 2.45) is 5.84 Å². The summed E-state index contributed by atoms with van der Waals surface area (Å²) in [7, 11) is 2.08. The molecule has 0 spiro atoms. The van der Waals surface area contributed by atoms with Gasteiger partial charge < -0.3 is 15.2 Å². The van der Waals surface area contributed by atoms with Gasteiger partial charge in [-0.15, -0.1) is 0 Å². The van der Waals surface area contributed by atoms with Crippen LogP contribution in [-0.2, 0) is 0 Å². The molecule has 3 N–H and O–H groups in total. The van der Waals surface area contributed by atoms with Crippen molar-refractivity contribution < 1.29 is 4.79 Å². The molecule has 1 fully saturated rings. The second-order valence-corrected chi connectivity index (χ2v) is 4.77. The number of piperazine rings is 1. The van der Waals surface area contributed by atoms with Crippen molar-refractivity contribution in [1.82, 2.24) is 9.80 Å². The summed E-state index contributed by atoms with van der Waals surface area (Å²) in [6, 6.07) is 5.56. The molecule has 0 radical (unpaired) electrons. The molecule has 1 aliphatic heterocycles. The highest BCUT2D eigenvalue weighted by Crippen LogP contribution is 2.17. The Balaban J connectivity index is 2.13. The SMILES string of the molecule is Cc1cc(NN)ccc1C(=O)N1CCN(C)CC1. The number of nitrogen functional groups attached to an aromatic ring is 1. The lowest BCUT2D eigenvalue weighted by Crippen LogP contribution is -2.47. The van der Waals surface area contributed by atoms with E-state index >= 15 is 0 Å². The highest BCUT2D eigenvalue weighted by molar-refractivity contribution is 5.96. The van der Waals surface area contributed by atoms with Crippen LogP contribution in [0.5, 0.6) is 0 Å². The number of rotatable bonds is 2. The van der Waals surface area contributed by atoms with Crippen LogP contribution >= 0.6 is 0 Å². The van der Waals surface area contributed by atoms with Crippen molar-refractivity contribution in [2.75, 3.05) is 38.7 Å². The monoisotopic (exact) mass is 248 g/mol. The molecule has 1 amide bonds. The number of aryl methyl sites for hydroxylation is 1. The Kier molecular flexibility index (Phi) is 3.84. The molecule has 1 aliphatic rings. The van der Waals surface area contributed by atoms with E-state index in [4.69, 9.17) is 5.84 Å². The minimum atomic E-state index is 0.115. The van der Waals surface area contributed by atoms with Crippen molar-refractivity contribution in [3.63, 3.8) is 0 Å². The number of carbonyl (C=O) groups is 1. The lowest BCUT2D eigenvalue weighted by atomic mass is 10.1. The molecule has 5 heteroatoms. The number of hydrogen-bond donors (Lipinski definition) is 2. The number of hydrazine groups is 1. The summed E-state index contributed by atoms with van der Waals surface area (Å²) in [4.78, 5) is 16.5. The molecule has 0 saturated carbocycles. The van der Waals surface area contributed by atoms with Gasteiger partial charge in [0, 0.05) is 37.4 Å². The number of carbonyl (C=O) groups excluding carboxylic acids is 1. The summed E-state index contributed by atoms with van der Waals surface area (Å²) in [5, 5.41) is 0. The summed E-state index contributed by atoms with van der Waals surface area (Å²) < 4.78 is 0. The van der Waals surface area contributed by atoms with Gasteiger partial charge in [0.15, 0.2) is 0 Å². The second-order valence-electron chi connectivity index (χ2n) is 4.77. The summed E-state index contributed by atoms with van der Waals surface area (Å²) in [5.74, 6) is 5.47. The topological polar surface area (TPSA) is 61.6 Å².